The van der Waals surface area contributed by atoms with Crippen LogP contribution in [-0.4, -0.2) is 11.7 Å². The summed E-state index contributed by atoms with van der Waals surface area (Å²) in [5.41, 5.74) is 3.10. The highest BCUT2D eigenvalue weighted by atomic mass is 16.5. The first kappa shape index (κ1) is 14.1. The Balaban J connectivity index is 2.02. The molecule has 0 amide bonds. The standard InChI is InChI=1S/C19H17NO2/c1-22-18-9-7-16(8-10-18)19-13-17(21)11-12-20(19)14-15-5-3-2-4-6-15/h2-13H,14H2,1H3. The zero-order chi connectivity index (χ0) is 15.4. The Labute approximate surface area is 129 Å². The summed E-state index contributed by atoms with van der Waals surface area (Å²) in [4.78, 5) is 11.8. The van der Waals surface area contributed by atoms with Gasteiger partial charge in [0.15, 0.2) is 5.43 Å². The summed E-state index contributed by atoms with van der Waals surface area (Å²) in [6, 6.07) is 21.2. The van der Waals surface area contributed by atoms with E-state index in [0.717, 1.165) is 23.6 Å². The van der Waals surface area contributed by atoms with Crippen LogP contribution in [0.5, 0.6) is 5.75 Å². The van der Waals surface area contributed by atoms with Crippen LogP contribution in [0, 0.1) is 0 Å². The van der Waals surface area contributed by atoms with Gasteiger partial charge < -0.3 is 9.30 Å². The second-order valence-corrected chi connectivity index (χ2v) is 5.09. The van der Waals surface area contributed by atoms with Gasteiger partial charge in [-0.15, -0.1) is 0 Å². The molecule has 22 heavy (non-hydrogen) atoms. The van der Waals surface area contributed by atoms with Crippen LogP contribution in [0.2, 0.25) is 0 Å². The number of pyridine rings is 1. The van der Waals surface area contributed by atoms with E-state index >= 15 is 0 Å². The molecule has 0 aliphatic heterocycles. The first-order valence-electron chi connectivity index (χ1n) is 7.15. The molecule has 0 bridgehead atoms. The van der Waals surface area contributed by atoms with E-state index in [0.29, 0.717) is 0 Å². The average molecular weight is 291 g/mol. The van der Waals surface area contributed by atoms with E-state index in [2.05, 4.69) is 16.7 Å². The summed E-state index contributed by atoms with van der Waals surface area (Å²) >= 11 is 0. The van der Waals surface area contributed by atoms with Gasteiger partial charge in [0.25, 0.3) is 0 Å². The van der Waals surface area contributed by atoms with Crippen LogP contribution >= 0.6 is 0 Å². The van der Waals surface area contributed by atoms with Crippen molar-refractivity contribution < 1.29 is 4.74 Å². The molecule has 0 unspecified atom stereocenters. The smallest absolute Gasteiger partial charge is 0.182 e. The summed E-state index contributed by atoms with van der Waals surface area (Å²) < 4.78 is 7.27. The van der Waals surface area contributed by atoms with Crippen molar-refractivity contribution in [3.63, 3.8) is 0 Å². The van der Waals surface area contributed by atoms with Gasteiger partial charge in [-0.05, 0) is 35.4 Å². The van der Waals surface area contributed by atoms with Crippen LogP contribution in [0.4, 0.5) is 0 Å². The molecule has 1 heterocycles. The molecule has 0 aliphatic carbocycles. The van der Waals surface area contributed by atoms with Crippen LogP contribution in [0.1, 0.15) is 5.56 Å². The number of benzene rings is 2. The number of methoxy groups -OCH3 is 1. The van der Waals surface area contributed by atoms with Gasteiger partial charge in [0, 0.05) is 24.9 Å². The minimum Gasteiger partial charge on any atom is -0.497 e. The lowest BCUT2D eigenvalue weighted by atomic mass is 10.1. The zero-order valence-electron chi connectivity index (χ0n) is 12.4. The van der Waals surface area contributed by atoms with Crippen LogP contribution < -0.4 is 10.2 Å². The Bertz CT molecular complexity index is 805. The van der Waals surface area contributed by atoms with Gasteiger partial charge in [0.05, 0.1) is 12.8 Å². The molecule has 110 valence electrons. The predicted molar refractivity (Wildman–Crippen MR) is 88.2 cm³/mol. The van der Waals surface area contributed by atoms with Gasteiger partial charge in [-0.3, -0.25) is 4.79 Å². The number of ether oxygens (including phenoxy) is 1. The van der Waals surface area contributed by atoms with Gasteiger partial charge in [0.2, 0.25) is 0 Å². The number of nitrogens with zero attached hydrogens (tertiary/aromatic N) is 1. The summed E-state index contributed by atoms with van der Waals surface area (Å²) in [7, 11) is 1.64. The molecule has 3 nitrogen and oxygen atoms in total. The van der Waals surface area contributed by atoms with E-state index < -0.39 is 0 Å². The SMILES string of the molecule is COc1ccc(-c2cc(=O)ccn2Cc2ccccc2)cc1. The quantitative estimate of drug-likeness (QED) is 0.736. The minimum atomic E-state index is 0.00938. The molecule has 0 fully saturated rings. The van der Waals surface area contributed by atoms with Crippen LogP contribution in [-0.2, 0) is 6.54 Å². The fourth-order valence-corrected chi connectivity index (χ4v) is 2.44. The maximum atomic E-state index is 11.8. The molecule has 0 radical (unpaired) electrons. The van der Waals surface area contributed by atoms with E-state index in [-0.39, 0.29) is 5.43 Å². The third-order valence-corrected chi connectivity index (χ3v) is 3.59. The number of hydrogen-bond acceptors (Lipinski definition) is 2. The number of rotatable bonds is 4. The predicted octanol–water partition coefficient (Wildman–Crippen LogP) is 3.57. The van der Waals surface area contributed by atoms with Crippen molar-refractivity contribution in [1.29, 1.82) is 0 Å². The van der Waals surface area contributed by atoms with Gasteiger partial charge in [0.1, 0.15) is 5.75 Å². The first-order valence-corrected chi connectivity index (χ1v) is 7.15. The van der Waals surface area contributed by atoms with Crippen LogP contribution in [0.3, 0.4) is 0 Å². The fraction of sp³-hybridized carbons (Fsp3) is 0.105. The fourth-order valence-electron chi connectivity index (χ4n) is 2.44. The summed E-state index contributed by atoms with van der Waals surface area (Å²) in [6.07, 6.45) is 1.84. The van der Waals surface area contributed by atoms with E-state index in [4.69, 9.17) is 4.74 Å². The van der Waals surface area contributed by atoms with Crippen molar-refractivity contribution >= 4 is 0 Å². The number of hydrogen-bond donors (Lipinski definition) is 0. The molecule has 3 rings (SSSR count). The molecule has 3 aromatic rings. The Morgan fingerprint density at radius 1 is 0.955 bits per heavy atom. The molecule has 3 heteroatoms. The first-order chi connectivity index (χ1) is 10.8. The molecule has 0 aliphatic rings. The highest BCUT2D eigenvalue weighted by Crippen LogP contribution is 2.22. The number of aromatic nitrogens is 1. The average Bonchev–Trinajstić information content (AvgIpc) is 2.57. The highest BCUT2D eigenvalue weighted by molar-refractivity contribution is 5.60. The molecule has 0 N–H and O–H groups in total. The van der Waals surface area contributed by atoms with E-state index in [1.807, 2.05) is 48.7 Å². The Morgan fingerprint density at radius 2 is 1.68 bits per heavy atom. The lowest BCUT2D eigenvalue weighted by Crippen LogP contribution is -2.09. The van der Waals surface area contributed by atoms with E-state index in [1.54, 1.807) is 19.2 Å². The molecule has 0 saturated heterocycles. The third kappa shape index (κ3) is 3.09. The molecule has 0 saturated carbocycles. The van der Waals surface area contributed by atoms with Crippen molar-refractivity contribution in [1.82, 2.24) is 4.57 Å². The van der Waals surface area contributed by atoms with Crippen LogP contribution in [0.25, 0.3) is 11.3 Å². The van der Waals surface area contributed by atoms with Crippen molar-refractivity contribution in [3.05, 3.63) is 88.7 Å². The Morgan fingerprint density at radius 3 is 2.36 bits per heavy atom. The molecular weight excluding hydrogens is 274 g/mol. The normalized spacial score (nSPS) is 10.4. The van der Waals surface area contributed by atoms with Crippen molar-refractivity contribution in [3.8, 4) is 17.0 Å². The van der Waals surface area contributed by atoms with Gasteiger partial charge in [-0.2, -0.15) is 0 Å². The molecule has 1 aromatic heterocycles. The van der Waals surface area contributed by atoms with E-state index in [9.17, 15) is 4.79 Å². The zero-order valence-corrected chi connectivity index (χ0v) is 12.4. The van der Waals surface area contributed by atoms with E-state index in [1.165, 1.54) is 5.56 Å². The molecule has 0 spiro atoms. The monoisotopic (exact) mass is 291 g/mol. The third-order valence-electron chi connectivity index (χ3n) is 3.59. The van der Waals surface area contributed by atoms with Crippen molar-refractivity contribution in [2.75, 3.05) is 7.11 Å². The minimum absolute atomic E-state index is 0.00938. The lowest BCUT2D eigenvalue weighted by Gasteiger charge is -2.14. The van der Waals surface area contributed by atoms with Crippen molar-refractivity contribution in [2.24, 2.45) is 0 Å². The van der Waals surface area contributed by atoms with Gasteiger partial charge >= 0.3 is 0 Å². The molecule has 0 atom stereocenters. The Hall–Kier alpha value is -2.81. The van der Waals surface area contributed by atoms with Crippen LogP contribution in [0.15, 0.2) is 77.7 Å². The maximum Gasteiger partial charge on any atom is 0.182 e. The summed E-state index contributed by atoms with van der Waals surface area (Å²) in [6.45, 7) is 0.725. The lowest BCUT2D eigenvalue weighted by molar-refractivity contribution is 0.415. The summed E-state index contributed by atoms with van der Waals surface area (Å²) in [5, 5.41) is 0. The molecular formula is C19H17NO2. The maximum absolute atomic E-state index is 11.8. The van der Waals surface area contributed by atoms with Gasteiger partial charge in [-0.1, -0.05) is 30.3 Å². The van der Waals surface area contributed by atoms with Gasteiger partial charge in [-0.25, -0.2) is 0 Å². The highest BCUT2D eigenvalue weighted by Gasteiger charge is 2.05. The Kier molecular flexibility index (Phi) is 4.05. The summed E-state index contributed by atoms with van der Waals surface area (Å²) in [5.74, 6) is 0.802. The largest absolute Gasteiger partial charge is 0.497 e. The second kappa shape index (κ2) is 6.31. The van der Waals surface area contributed by atoms with Crippen molar-refractivity contribution in [2.45, 2.75) is 6.54 Å². The second-order valence-electron chi connectivity index (χ2n) is 5.09. The topological polar surface area (TPSA) is 31.2 Å². The molecule has 2 aromatic carbocycles.